The van der Waals surface area contributed by atoms with Gasteiger partial charge in [-0.2, -0.15) is 5.10 Å². The zero-order chi connectivity index (χ0) is 16.4. The lowest BCUT2D eigenvalue weighted by Gasteiger charge is -2.16. The molecule has 1 saturated heterocycles. The average Bonchev–Trinajstić information content (AvgIpc) is 3.06. The molecule has 0 atom stereocenters. The van der Waals surface area contributed by atoms with Crippen molar-refractivity contribution >= 4 is 35.6 Å². The highest BCUT2D eigenvalue weighted by molar-refractivity contribution is 6.30. The fourth-order valence-corrected chi connectivity index (χ4v) is 3.16. The number of aromatic nitrogens is 2. The van der Waals surface area contributed by atoms with Crippen LogP contribution in [-0.4, -0.2) is 22.2 Å². The molecule has 5 nitrogen and oxygen atoms in total. The van der Waals surface area contributed by atoms with E-state index in [4.69, 9.17) is 11.6 Å². The number of amides is 1. The fraction of sp³-hybridized carbons (Fsp3) is 0.412. The molecule has 2 aromatic rings. The van der Waals surface area contributed by atoms with Gasteiger partial charge < -0.3 is 10.2 Å². The lowest BCUT2D eigenvalue weighted by molar-refractivity contribution is -0.117. The zero-order valence-electron chi connectivity index (χ0n) is 13.9. The van der Waals surface area contributed by atoms with Gasteiger partial charge in [0.1, 0.15) is 5.15 Å². The number of nitrogens with one attached hydrogen (secondary N) is 1. The lowest BCUT2D eigenvalue weighted by Crippen LogP contribution is -2.23. The minimum absolute atomic E-state index is 0. The maximum absolute atomic E-state index is 11.7. The van der Waals surface area contributed by atoms with Crippen LogP contribution in [0, 0.1) is 6.92 Å². The summed E-state index contributed by atoms with van der Waals surface area (Å²) in [6, 6.07) is 8.16. The summed E-state index contributed by atoms with van der Waals surface area (Å²) in [6.45, 7) is 4.23. The predicted molar refractivity (Wildman–Crippen MR) is 98.8 cm³/mol. The zero-order valence-corrected chi connectivity index (χ0v) is 15.5. The van der Waals surface area contributed by atoms with Gasteiger partial charge in [-0.1, -0.05) is 23.7 Å². The predicted octanol–water partition coefficient (Wildman–Crippen LogP) is 3.22. The molecule has 0 spiro atoms. The first kappa shape index (κ1) is 18.8. The Kier molecular flexibility index (Phi) is 6.27. The Morgan fingerprint density at radius 2 is 1.96 bits per heavy atom. The second-order valence-electron chi connectivity index (χ2n) is 5.90. The molecule has 1 aromatic carbocycles. The van der Waals surface area contributed by atoms with Gasteiger partial charge in [0.25, 0.3) is 0 Å². The minimum Gasteiger partial charge on any atom is -0.312 e. The summed E-state index contributed by atoms with van der Waals surface area (Å²) >= 11 is 6.23. The summed E-state index contributed by atoms with van der Waals surface area (Å²) in [5, 5.41) is 8.38. The molecule has 1 amide bonds. The molecule has 0 unspecified atom stereocenters. The van der Waals surface area contributed by atoms with Gasteiger partial charge in [-0.15, -0.1) is 12.4 Å². The summed E-state index contributed by atoms with van der Waals surface area (Å²) in [6.07, 6.45) is 1.61. The number of carbonyl (C=O) groups is 1. The van der Waals surface area contributed by atoms with Crippen LogP contribution in [0.4, 0.5) is 5.69 Å². The van der Waals surface area contributed by atoms with Gasteiger partial charge in [0.05, 0.1) is 5.69 Å². The molecule has 0 saturated carbocycles. The molecule has 130 valence electrons. The van der Waals surface area contributed by atoms with Crippen molar-refractivity contribution in [3.63, 3.8) is 0 Å². The second-order valence-corrected chi connectivity index (χ2v) is 6.26. The number of anilines is 1. The molecule has 0 aliphatic carbocycles. The third-order valence-electron chi connectivity index (χ3n) is 4.22. The van der Waals surface area contributed by atoms with Crippen molar-refractivity contribution in [3.8, 4) is 0 Å². The van der Waals surface area contributed by atoms with E-state index < -0.39 is 0 Å². The Labute approximate surface area is 153 Å². The normalized spacial score (nSPS) is 14.1. The number of hydrogen-bond donors (Lipinski definition) is 1. The fourth-order valence-electron chi connectivity index (χ4n) is 2.92. The van der Waals surface area contributed by atoms with E-state index in [-0.39, 0.29) is 18.3 Å². The summed E-state index contributed by atoms with van der Waals surface area (Å²) < 4.78 is 1.69. The standard InChI is InChI=1S/C17H21ClN4O.ClH/c1-12-15(17(18)21(2)20-12)11-19-10-13-5-7-14(8-6-13)22-9-3-4-16(22)23;/h5-8,19H,3-4,9-11H2,1-2H3;1H. The molecule has 0 bridgehead atoms. The van der Waals surface area contributed by atoms with Crippen LogP contribution in [-0.2, 0) is 24.9 Å². The minimum atomic E-state index is 0. The van der Waals surface area contributed by atoms with Crippen molar-refractivity contribution < 1.29 is 4.79 Å². The lowest BCUT2D eigenvalue weighted by atomic mass is 10.2. The SMILES string of the molecule is Cc1nn(C)c(Cl)c1CNCc1ccc(N2CCCC2=O)cc1.Cl. The third kappa shape index (κ3) is 3.91. The van der Waals surface area contributed by atoms with E-state index in [1.807, 2.05) is 31.0 Å². The first-order chi connectivity index (χ1) is 11.1. The molecule has 24 heavy (non-hydrogen) atoms. The van der Waals surface area contributed by atoms with E-state index in [1.54, 1.807) is 4.68 Å². The van der Waals surface area contributed by atoms with Crippen molar-refractivity contribution in [2.45, 2.75) is 32.9 Å². The van der Waals surface area contributed by atoms with Crippen LogP contribution in [0.25, 0.3) is 0 Å². The van der Waals surface area contributed by atoms with Gasteiger partial charge in [-0.25, -0.2) is 0 Å². The Hall–Kier alpha value is -1.56. The van der Waals surface area contributed by atoms with Crippen LogP contribution in [0.2, 0.25) is 5.15 Å². The molecule has 1 aliphatic heterocycles. The maximum Gasteiger partial charge on any atom is 0.227 e. The summed E-state index contributed by atoms with van der Waals surface area (Å²) in [5.41, 5.74) is 4.15. The Balaban J connectivity index is 0.00000208. The van der Waals surface area contributed by atoms with Crippen LogP contribution in [0.5, 0.6) is 0 Å². The van der Waals surface area contributed by atoms with Crippen molar-refractivity contribution in [2.75, 3.05) is 11.4 Å². The number of halogens is 2. The summed E-state index contributed by atoms with van der Waals surface area (Å²) in [4.78, 5) is 13.6. The van der Waals surface area contributed by atoms with E-state index in [0.29, 0.717) is 18.1 Å². The third-order valence-corrected chi connectivity index (χ3v) is 4.69. The Morgan fingerprint density at radius 1 is 1.25 bits per heavy atom. The highest BCUT2D eigenvalue weighted by atomic mass is 35.5. The molecule has 1 aromatic heterocycles. The van der Waals surface area contributed by atoms with E-state index in [9.17, 15) is 4.79 Å². The van der Waals surface area contributed by atoms with Gasteiger partial charge in [0.2, 0.25) is 5.91 Å². The van der Waals surface area contributed by atoms with Gasteiger partial charge in [0, 0.05) is 44.4 Å². The largest absolute Gasteiger partial charge is 0.312 e. The smallest absolute Gasteiger partial charge is 0.227 e. The highest BCUT2D eigenvalue weighted by Gasteiger charge is 2.21. The van der Waals surface area contributed by atoms with Gasteiger partial charge in [-0.3, -0.25) is 9.48 Å². The molecule has 1 fully saturated rings. The quantitative estimate of drug-likeness (QED) is 0.881. The van der Waals surface area contributed by atoms with E-state index >= 15 is 0 Å². The van der Waals surface area contributed by atoms with Crippen LogP contribution in [0.15, 0.2) is 24.3 Å². The van der Waals surface area contributed by atoms with Crippen LogP contribution < -0.4 is 10.2 Å². The van der Waals surface area contributed by atoms with E-state index in [2.05, 4.69) is 22.5 Å². The molecule has 7 heteroatoms. The molecular weight excluding hydrogens is 347 g/mol. The molecule has 1 aliphatic rings. The summed E-state index contributed by atoms with van der Waals surface area (Å²) in [5.74, 6) is 0.220. The Morgan fingerprint density at radius 3 is 2.50 bits per heavy atom. The van der Waals surface area contributed by atoms with Crippen LogP contribution in [0.1, 0.15) is 29.7 Å². The number of rotatable bonds is 5. The van der Waals surface area contributed by atoms with Gasteiger partial charge >= 0.3 is 0 Å². The maximum atomic E-state index is 11.7. The van der Waals surface area contributed by atoms with Crippen LogP contribution >= 0.6 is 24.0 Å². The monoisotopic (exact) mass is 368 g/mol. The van der Waals surface area contributed by atoms with Crippen molar-refractivity contribution in [2.24, 2.45) is 7.05 Å². The molecular formula is C17H22Cl2N4O. The number of aryl methyl sites for hydroxylation is 2. The molecule has 1 N–H and O–H groups in total. The first-order valence-electron chi connectivity index (χ1n) is 7.84. The van der Waals surface area contributed by atoms with E-state index in [1.165, 1.54) is 5.56 Å². The van der Waals surface area contributed by atoms with Crippen molar-refractivity contribution in [1.29, 1.82) is 0 Å². The van der Waals surface area contributed by atoms with E-state index in [0.717, 1.165) is 36.5 Å². The van der Waals surface area contributed by atoms with Gasteiger partial charge in [0.15, 0.2) is 0 Å². The molecule has 2 heterocycles. The number of benzene rings is 1. The number of nitrogens with zero attached hydrogens (tertiary/aromatic N) is 3. The summed E-state index contributed by atoms with van der Waals surface area (Å²) in [7, 11) is 1.84. The molecule has 0 radical (unpaired) electrons. The Bertz CT molecular complexity index is 712. The topological polar surface area (TPSA) is 50.2 Å². The van der Waals surface area contributed by atoms with Crippen LogP contribution in [0.3, 0.4) is 0 Å². The van der Waals surface area contributed by atoms with Crippen molar-refractivity contribution in [1.82, 2.24) is 15.1 Å². The number of hydrogen-bond acceptors (Lipinski definition) is 3. The van der Waals surface area contributed by atoms with Gasteiger partial charge in [-0.05, 0) is 31.0 Å². The average molecular weight is 369 g/mol. The second kappa shape index (κ2) is 8.01. The highest BCUT2D eigenvalue weighted by Crippen LogP contribution is 2.22. The number of carbonyl (C=O) groups excluding carboxylic acids is 1. The molecule has 3 rings (SSSR count). The van der Waals surface area contributed by atoms with Crippen molar-refractivity contribution in [3.05, 3.63) is 46.2 Å². The first-order valence-corrected chi connectivity index (χ1v) is 8.22.